The lowest BCUT2D eigenvalue weighted by Gasteiger charge is -2.46. The van der Waals surface area contributed by atoms with Gasteiger partial charge >= 0.3 is 0 Å². The van der Waals surface area contributed by atoms with Crippen LogP contribution in [0.25, 0.3) is 0 Å². The summed E-state index contributed by atoms with van der Waals surface area (Å²) >= 11 is 0. The van der Waals surface area contributed by atoms with Crippen molar-refractivity contribution < 1.29 is 0 Å². The van der Waals surface area contributed by atoms with Gasteiger partial charge in [-0.15, -0.1) is 0 Å². The first-order valence-electron chi connectivity index (χ1n) is 5.87. The summed E-state index contributed by atoms with van der Waals surface area (Å²) in [6, 6.07) is 0. The van der Waals surface area contributed by atoms with Crippen molar-refractivity contribution in [2.75, 3.05) is 13.1 Å². The van der Waals surface area contributed by atoms with E-state index >= 15 is 0 Å². The molecule has 0 aromatic rings. The van der Waals surface area contributed by atoms with Gasteiger partial charge in [0.25, 0.3) is 0 Å². The molecule has 2 heterocycles. The second-order valence-corrected chi connectivity index (χ2v) is 5.46. The lowest BCUT2D eigenvalue weighted by molar-refractivity contribution is 0.0464. The maximum Gasteiger partial charge on any atom is 0.0261 e. The van der Waals surface area contributed by atoms with Crippen LogP contribution in [0.1, 0.15) is 52.9 Å². The van der Waals surface area contributed by atoms with Gasteiger partial charge in [-0.1, -0.05) is 20.8 Å². The molecule has 1 nitrogen and oxygen atoms in total. The zero-order chi connectivity index (χ0) is 9.53. The Bertz CT molecular complexity index is 185. The topological polar surface area (TPSA) is 3.24 Å². The Morgan fingerprint density at radius 2 is 1.69 bits per heavy atom. The molecule has 2 rings (SSSR count). The van der Waals surface area contributed by atoms with Crippen molar-refractivity contribution in [1.82, 2.24) is 4.90 Å². The summed E-state index contributed by atoms with van der Waals surface area (Å²) in [5.41, 5.74) is 1.11. The zero-order valence-corrected chi connectivity index (χ0v) is 9.40. The van der Waals surface area contributed by atoms with Gasteiger partial charge in [0.15, 0.2) is 0 Å². The van der Waals surface area contributed by atoms with Crippen LogP contribution in [0.4, 0.5) is 0 Å². The molecule has 2 aliphatic heterocycles. The molecule has 2 fully saturated rings. The summed E-state index contributed by atoms with van der Waals surface area (Å²) in [5, 5.41) is 0. The van der Waals surface area contributed by atoms with Gasteiger partial charge in [-0.3, -0.25) is 4.90 Å². The van der Waals surface area contributed by atoms with Gasteiger partial charge in [0, 0.05) is 5.54 Å². The van der Waals surface area contributed by atoms with Crippen LogP contribution >= 0.6 is 0 Å². The van der Waals surface area contributed by atoms with Crippen molar-refractivity contribution in [3.05, 3.63) is 0 Å². The molecule has 0 radical (unpaired) electrons. The molecule has 0 aliphatic carbocycles. The molecule has 2 aliphatic rings. The summed E-state index contributed by atoms with van der Waals surface area (Å²) < 4.78 is 0. The van der Waals surface area contributed by atoms with E-state index < -0.39 is 0 Å². The lowest BCUT2D eigenvalue weighted by Crippen LogP contribution is -2.50. The Morgan fingerprint density at radius 3 is 2.15 bits per heavy atom. The number of hydrogen-bond donors (Lipinski definition) is 0. The minimum atomic E-state index is 0.528. The zero-order valence-electron chi connectivity index (χ0n) is 9.40. The monoisotopic (exact) mass is 181 g/mol. The van der Waals surface area contributed by atoms with E-state index in [1.54, 1.807) is 0 Å². The summed E-state index contributed by atoms with van der Waals surface area (Å²) in [4.78, 5) is 2.77. The smallest absolute Gasteiger partial charge is 0.0261 e. The van der Waals surface area contributed by atoms with E-state index in [4.69, 9.17) is 0 Å². The lowest BCUT2D eigenvalue weighted by atomic mass is 9.68. The van der Waals surface area contributed by atoms with Gasteiger partial charge in [0.2, 0.25) is 0 Å². The predicted molar refractivity (Wildman–Crippen MR) is 56.8 cm³/mol. The fourth-order valence-electron chi connectivity index (χ4n) is 3.54. The van der Waals surface area contributed by atoms with E-state index in [-0.39, 0.29) is 0 Å². The minimum absolute atomic E-state index is 0.528. The number of hydrogen-bond acceptors (Lipinski definition) is 1. The van der Waals surface area contributed by atoms with Gasteiger partial charge in [-0.2, -0.15) is 0 Å². The highest BCUT2D eigenvalue weighted by atomic mass is 15.2. The highest BCUT2D eigenvalue weighted by Crippen LogP contribution is 2.51. The van der Waals surface area contributed by atoms with E-state index in [0.717, 1.165) is 0 Å². The molecule has 0 unspecified atom stereocenters. The van der Waals surface area contributed by atoms with E-state index in [1.807, 2.05) is 0 Å². The molecular weight excluding hydrogens is 158 g/mol. The molecule has 1 heteroatoms. The van der Waals surface area contributed by atoms with E-state index in [9.17, 15) is 0 Å². The quantitative estimate of drug-likeness (QED) is 0.633. The Balaban J connectivity index is 2.27. The van der Waals surface area contributed by atoms with Gasteiger partial charge in [0.1, 0.15) is 0 Å². The van der Waals surface area contributed by atoms with Gasteiger partial charge < -0.3 is 0 Å². The van der Waals surface area contributed by atoms with Gasteiger partial charge in [-0.25, -0.2) is 0 Å². The third kappa shape index (κ3) is 1.16. The molecule has 0 atom stereocenters. The van der Waals surface area contributed by atoms with Crippen molar-refractivity contribution in [3.63, 3.8) is 0 Å². The highest BCUT2D eigenvalue weighted by Gasteiger charge is 2.52. The van der Waals surface area contributed by atoms with Crippen LogP contribution in [-0.4, -0.2) is 23.5 Å². The second-order valence-electron chi connectivity index (χ2n) is 5.46. The third-order valence-corrected chi connectivity index (χ3v) is 4.79. The minimum Gasteiger partial charge on any atom is -0.297 e. The van der Waals surface area contributed by atoms with Crippen molar-refractivity contribution in [3.8, 4) is 0 Å². The van der Waals surface area contributed by atoms with Crippen LogP contribution in [0, 0.1) is 5.41 Å². The van der Waals surface area contributed by atoms with E-state index in [0.29, 0.717) is 11.0 Å². The molecule has 0 aromatic carbocycles. The normalized spacial score (nSPS) is 27.9. The van der Waals surface area contributed by atoms with Crippen LogP contribution in [0.3, 0.4) is 0 Å². The Kier molecular flexibility index (Phi) is 2.18. The van der Waals surface area contributed by atoms with Crippen molar-refractivity contribution >= 4 is 0 Å². The first kappa shape index (κ1) is 9.51. The molecule has 0 bridgehead atoms. The SMILES string of the molecule is CCC(C)(C)C12CCCN1CCC2. The summed E-state index contributed by atoms with van der Waals surface area (Å²) in [7, 11) is 0. The largest absolute Gasteiger partial charge is 0.297 e. The van der Waals surface area contributed by atoms with Crippen LogP contribution in [0.5, 0.6) is 0 Å². The molecule has 0 amide bonds. The van der Waals surface area contributed by atoms with Crippen LogP contribution in [-0.2, 0) is 0 Å². The molecule has 0 saturated carbocycles. The molecule has 13 heavy (non-hydrogen) atoms. The molecule has 0 N–H and O–H groups in total. The van der Waals surface area contributed by atoms with Gasteiger partial charge in [0.05, 0.1) is 0 Å². The Labute approximate surface area is 82.5 Å². The first-order chi connectivity index (χ1) is 6.12. The second kappa shape index (κ2) is 2.98. The first-order valence-corrected chi connectivity index (χ1v) is 5.87. The number of nitrogens with zero attached hydrogens (tertiary/aromatic N) is 1. The van der Waals surface area contributed by atoms with Crippen molar-refractivity contribution in [1.29, 1.82) is 0 Å². The fraction of sp³-hybridized carbons (Fsp3) is 1.00. The Hall–Kier alpha value is -0.0400. The molecule has 2 saturated heterocycles. The van der Waals surface area contributed by atoms with Crippen molar-refractivity contribution in [2.45, 2.75) is 58.4 Å². The molecule has 0 spiro atoms. The third-order valence-electron chi connectivity index (χ3n) is 4.79. The van der Waals surface area contributed by atoms with Crippen LogP contribution in [0.15, 0.2) is 0 Å². The maximum absolute atomic E-state index is 2.77. The van der Waals surface area contributed by atoms with E-state index in [2.05, 4.69) is 25.7 Å². The molecular formula is C12H23N. The fourth-order valence-corrected chi connectivity index (χ4v) is 3.54. The summed E-state index contributed by atoms with van der Waals surface area (Å²) in [6.07, 6.45) is 7.10. The van der Waals surface area contributed by atoms with Gasteiger partial charge in [-0.05, 0) is 50.6 Å². The number of fused-ring (bicyclic) bond motifs is 1. The highest BCUT2D eigenvalue weighted by molar-refractivity contribution is 5.07. The maximum atomic E-state index is 2.77. The molecule has 0 aromatic heterocycles. The average molecular weight is 181 g/mol. The summed E-state index contributed by atoms with van der Waals surface area (Å²) in [5.74, 6) is 0. The van der Waals surface area contributed by atoms with Crippen LogP contribution < -0.4 is 0 Å². The van der Waals surface area contributed by atoms with Crippen LogP contribution in [0.2, 0.25) is 0 Å². The molecule has 76 valence electrons. The van der Waals surface area contributed by atoms with Crippen molar-refractivity contribution in [2.24, 2.45) is 5.41 Å². The summed E-state index contributed by atoms with van der Waals surface area (Å²) in [6.45, 7) is 10.0. The van der Waals surface area contributed by atoms with E-state index in [1.165, 1.54) is 45.2 Å². The standard InChI is InChI=1S/C12H23N/c1-4-11(2,3)12-7-5-9-13(12)10-6-8-12/h4-10H2,1-3H3. The Morgan fingerprint density at radius 1 is 1.15 bits per heavy atom. The average Bonchev–Trinajstić information content (AvgIpc) is 2.61. The predicted octanol–water partition coefficient (Wildman–Crippen LogP) is 3.05. The number of rotatable bonds is 2.